The minimum atomic E-state index is -0.767. The second kappa shape index (κ2) is 10.5. The predicted octanol–water partition coefficient (Wildman–Crippen LogP) is 1.52. The number of amides is 2. The number of likely N-dealkylation sites (N-methyl/N-ethyl adjacent to an activating group) is 1. The molecule has 118 valence electrons. The molecule has 0 saturated heterocycles. The highest BCUT2D eigenvalue weighted by molar-refractivity contribution is 5.73. The molecule has 0 aliphatic rings. The lowest BCUT2D eigenvalue weighted by molar-refractivity contribution is -0.137. The average molecular weight is 287 g/mol. The Labute approximate surface area is 121 Å². The summed E-state index contributed by atoms with van der Waals surface area (Å²) in [7, 11) is 2.02. The number of carboxylic acids is 1. The summed E-state index contributed by atoms with van der Waals surface area (Å²) in [5, 5.41) is 14.2. The number of urea groups is 1. The number of hydrogen-bond acceptors (Lipinski definition) is 3. The molecular formula is C14H29N3O3. The van der Waals surface area contributed by atoms with Crippen molar-refractivity contribution in [3.63, 3.8) is 0 Å². The molecule has 3 N–H and O–H groups in total. The summed E-state index contributed by atoms with van der Waals surface area (Å²) >= 11 is 0. The Hall–Kier alpha value is -1.30. The van der Waals surface area contributed by atoms with E-state index in [1.165, 1.54) is 0 Å². The normalized spacial score (nSPS) is 12.5. The highest BCUT2D eigenvalue weighted by atomic mass is 16.4. The summed E-state index contributed by atoms with van der Waals surface area (Å²) in [6.07, 6.45) is 1.64. The first-order valence-electron chi connectivity index (χ1n) is 7.26. The van der Waals surface area contributed by atoms with E-state index >= 15 is 0 Å². The van der Waals surface area contributed by atoms with Crippen molar-refractivity contribution in [1.82, 2.24) is 15.5 Å². The summed E-state index contributed by atoms with van der Waals surface area (Å²) in [5.41, 5.74) is 0. The molecule has 0 rings (SSSR count). The molecule has 6 heteroatoms. The van der Waals surface area contributed by atoms with Gasteiger partial charge in [-0.05, 0) is 39.7 Å². The van der Waals surface area contributed by atoms with Gasteiger partial charge in [0, 0.05) is 32.1 Å². The summed E-state index contributed by atoms with van der Waals surface area (Å²) in [6.45, 7) is 8.24. The SMILES string of the molecule is CC(CCNC(=O)NCCN(C)C(C)C)CCC(=O)O. The van der Waals surface area contributed by atoms with Gasteiger partial charge in [0.1, 0.15) is 0 Å². The van der Waals surface area contributed by atoms with E-state index in [0.717, 1.165) is 13.0 Å². The van der Waals surface area contributed by atoms with Crippen LogP contribution in [0.25, 0.3) is 0 Å². The first-order valence-corrected chi connectivity index (χ1v) is 7.26. The number of carboxylic acid groups (broad SMARTS) is 1. The van der Waals surface area contributed by atoms with E-state index in [-0.39, 0.29) is 12.5 Å². The largest absolute Gasteiger partial charge is 0.481 e. The molecule has 0 fully saturated rings. The number of carbonyl (C=O) groups is 2. The van der Waals surface area contributed by atoms with Crippen molar-refractivity contribution >= 4 is 12.0 Å². The van der Waals surface area contributed by atoms with Crippen LogP contribution in [0, 0.1) is 5.92 Å². The van der Waals surface area contributed by atoms with Crippen LogP contribution in [0.15, 0.2) is 0 Å². The lowest BCUT2D eigenvalue weighted by atomic mass is 10.0. The Kier molecular flexibility index (Phi) is 9.80. The van der Waals surface area contributed by atoms with Gasteiger partial charge < -0.3 is 20.6 Å². The van der Waals surface area contributed by atoms with E-state index < -0.39 is 5.97 Å². The maximum absolute atomic E-state index is 11.5. The van der Waals surface area contributed by atoms with Crippen LogP contribution in [0.4, 0.5) is 4.79 Å². The van der Waals surface area contributed by atoms with Crippen molar-refractivity contribution in [1.29, 1.82) is 0 Å². The zero-order chi connectivity index (χ0) is 15.5. The van der Waals surface area contributed by atoms with Gasteiger partial charge >= 0.3 is 12.0 Å². The van der Waals surface area contributed by atoms with Gasteiger partial charge in [0.2, 0.25) is 0 Å². The minimum absolute atomic E-state index is 0.160. The second-order valence-electron chi connectivity index (χ2n) is 5.58. The van der Waals surface area contributed by atoms with Crippen molar-refractivity contribution in [2.75, 3.05) is 26.7 Å². The smallest absolute Gasteiger partial charge is 0.314 e. The molecule has 0 spiro atoms. The van der Waals surface area contributed by atoms with Crippen LogP contribution in [0.1, 0.15) is 40.0 Å². The summed E-state index contributed by atoms with van der Waals surface area (Å²) < 4.78 is 0. The zero-order valence-electron chi connectivity index (χ0n) is 13.1. The molecule has 2 amide bonds. The molecule has 1 unspecified atom stereocenters. The lowest BCUT2D eigenvalue weighted by Crippen LogP contribution is -2.41. The van der Waals surface area contributed by atoms with Crippen molar-refractivity contribution in [3.8, 4) is 0 Å². The fourth-order valence-electron chi connectivity index (χ4n) is 1.61. The molecule has 20 heavy (non-hydrogen) atoms. The number of hydrogen-bond donors (Lipinski definition) is 3. The van der Waals surface area contributed by atoms with Crippen LogP contribution >= 0.6 is 0 Å². The molecule has 0 aliphatic heterocycles. The van der Waals surface area contributed by atoms with Crippen LogP contribution in [0.2, 0.25) is 0 Å². The van der Waals surface area contributed by atoms with Gasteiger partial charge in [-0.15, -0.1) is 0 Å². The predicted molar refractivity (Wildman–Crippen MR) is 79.8 cm³/mol. The van der Waals surface area contributed by atoms with Crippen LogP contribution in [-0.4, -0.2) is 54.7 Å². The summed E-state index contributed by atoms with van der Waals surface area (Å²) in [5.74, 6) is -0.463. The van der Waals surface area contributed by atoms with E-state index in [4.69, 9.17) is 5.11 Å². The highest BCUT2D eigenvalue weighted by Crippen LogP contribution is 2.08. The molecule has 0 saturated carbocycles. The van der Waals surface area contributed by atoms with E-state index in [1.54, 1.807) is 0 Å². The standard InChI is InChI=1S/C14H29N3O3/c1-11(2)17(4)10-9-16-14(20)15-8-7-12(3)5-6-13(18)19/h11-12H,5-10H2,1-4H3,(H,18,19)(H2,15,16,20). The van der Waals surface area contributed by atoms with E-state index in [1.807, 2.05) is 14.0 Å². The van der Waals surface area contributed by atoms with Crippen molar-refractivity contribution in [3.05, 3.63) is 0 Å². The maximum Gasteiger partial charge on any atom is 0.314 e. The Bertz CT molecular complexity index is 295. The van der Waals surface area contributed by atoms with Gasteiger partial charge in [0.25, 0.3) is 0 Å². The number of carbonyl (C=O) groups excluding carboxylic acids is 1. The molecule has 0 radical (unpaired) electrons. The Morgan fingerprint density at radius 1 is 1.10 bits per heavy atom. The van der Waals surface area contributed by atoms with Crippen LogP contribution < -0.4 is 10.6 Å². The maximum atomic E-state index is 11.5. The third-order valence-corrected chi connectivity index (χ3v) is 3.41. The van der Waals surface area contributed by atoms with Crippen LogP contribution in [0.3, 0.4) is 0 Å². The Morgan fingerprint density at radius 2 is 1.70 bits per heavy atom. The van der Waals surface area contributed by atoms with Gasteiger partial charge in [-0.3, -0.25) is 4.79 Å². The Balaban J connectivity index is 3.56. The Morgan fingerprint density at radius 3 is 2.25 bits per heavy atom. The molecule has 0 aromatic rings. The third-order valence-electron chi connectivity index (χ3n) is 3.41. The molecule has 0 heterocycles. The van der Waals surface area contributed by atoms with Crippen LogP contribution in [0.5, 0.6) is 0 Å². The van der Waals surface area contributed by atoms with Crippen molar-refractivity contribution in [2.24, 2.45) is 5.92 Å². The second-order valence-corrected chi connectivity index (χ2v) is 5.58. The van der Waals surface area contributed by atoms with Gasteiger partial charge in [-0.1, -0.05) is 6.92 Å². The highest BCUT2D eigenvalue weighted by Gasteiger charge is 2.07. The first kappa shape index (κ1) is 18.7. The van der Waals surface area contributed by atoms with Crippen LogP contribution in [-0.2, 0) is 4.79 Å². The molecule has 1 atom stereocenters. The van der Waals surface area contributed by atoms with E-state index in [9.17, 15) is 9.59 Å². The topological polar surface area (TPSA) is 81.7 Å². The fourth-order valence-corrected chi connectivity index (χ4v) is 1.61. The molecular weight excluding hydrogens is 258 g/mol. The molecule has 0 aromatic carbocycles. The summed E-state index contributed by atoms with van der Waals surface area (Å²) in [4.78, 5) is 24.1. The zero-order valence-corrected chi connectivity index (χ0v) is 13.1. The number of nitrogens with one attached hydrogen (secondary N) is 2. The van der Waals surface area contributed by atoms with E-state index in [2.05, 4.69) is 29.4 Å². The average Bonchev–Trinajstić information content (AvgIpc) is 2.36. The molecule has 0 aromatic heterocycles. The first-order chi connectivity index (χ1) is 9.32. The number of rotatable bonds is 10. The van der Waals surface area contributed by atoms with Gasteiger partial charge in [-0.2, -0.15) is 0 Å². The fraction of sp³-hybridized carbons (Fsp3) is 0.857. The number of nitrogens with zero attached hydrogens (tertiary/aromatic N) is 1. The van der Waals surface area contributed by atoms with Crippen molar-refractivity contribution in [2.45, 2.75) is 46.1 Å². The number of aliphatic carboxylic acids is 1. The third kappa shape index (κ3) is 10.6. The minimum Gasteiger partial charge on any atom is -0.481 e. The molecule has 0 bridgehead atoms. The van der Waals surface area contributed by atoms with E-state index in [0.29, 0.717) is 31.5 Å². The molecule has 6 nitrogen and oxygen atoms in total. The van der Waals surface area contributed by atoms with Gasteiger partial charge in [0.15, 0.2) is 0 Å². The molecule has 0 aliphatic carbocycles. The quantitative estimate of drug-likeness (QED) is 0.569. The monoisotopic (exact) mass is 287 g/mol. The lowest BCUT2D eigenvalue weighted by Gasteiger charge is -2.21. The summed E-state index contributed by atoms with van der Waals surface area (Å²) in [6, 6.07) is 0.308. The van der Waals surface area contributed by atoms with Gasteiger partial charge in [-0.25, -0.2) is 4.79 Å². The van der Waals surface area contributed by atoms with Gasteiger partial charge in [0.05, 0.1) is 0 Å². The van der Waals surface area contributed by atoms with Crippen molar-refractivity contribution < 1.29 is 14.7 Å².